The highest BCUT2D eigenvalue weighted by atomic mass is 32.1. The highest BCUT2D eigenvalue weighted by Gasteiger charge is 2.36. The number of nitrogens with zero attached hydrogens (tertiary/aromatic N) is 2. The quantitative estimate of drug-likeness (QED) is 0.736. The Labute approximate surface area is 159 Å². The summed E-state index contributed by atoms with van der Waals surface area (Å²) < 4.78 is 13.2. The number of anilines is 1. The lowest BCUT2D eigenvalue weighted by atomic mass is 10.0. The van der Waals surface area contributed by atoms with Crippen molar-refractivity contribution in [3.05, 3.63) is 82.6 Å². The van der Waals surface area contributed by atoms with E-state index in [0.29, 0.717) is 18.5 Å². The van der Waals surface area contributed by atoms with Crippen molar-refractivity contribution in [1.29, 1.82) is 0 Å². The van der Waals surface area contributed by atoms with Gasteiger partial charge >= 0.3 is 0 Å². The molecule has 0 saturated heterocycles. The molecule has 0 unspecified atom stereocenters. The summed E-state index contributed by atoms with van der Waals surface area (Å²) in [6.07, 6.45) is 0.361. The molecule has 1 atom stereocenters. The number of rotatable bonds is 5. The Hall–Kier alpha value is -3.06. The highest BCUT2D eigenvalue weighted by molar-refractivity contribution is 7.13. The van der Waals surface area contributed by atoms with Gasteiger partial charge in [0, 0.05) is 23.9 Å². The molecule has 5 nitrogen and oxygen atoms in total. The molecule has 27 heavy (non-hydrogen) atoms. The Bertz CT molecular complexity index is 990. The number of carbonyl (C=O) groups is 2. The van der Waals surface area contributed by atoms with Crippen molar-refractivity contribution >= 4 is 28.3 Å². The van der Waals surface area contributed by atoms with Gasteiger partial charge in [0.15, 0.2) is 5.13 Å². The number of hydrogen-bond donors (Lipinski definition) is 1. The molecular formula is C20H16FN3O2S. The predicted molar refractivity (Wildman–Crippen MR) is 101 cm³/mol. The first-order valence-corrected chi connectivity index (χ1v) is 9.34. The number of aromatic nitrogens is 1. The SMILES string of the molecule is O=C(Nc1nc(F)cs1)[C@H](Cc1ccccc1)N1Cc2ccccc2C1=O. The molecule has 0 radical (unpaired) electrons. The molecule has 2 heterocycles. The number of hydrogen-bond acceptors (Lipinski definition) is 4. The van der Waals surface area contributed by atoms with Gasteiger partial charge in [0.25, 0.3) is 5.91 Å². The molecule has 1 aliphatic heterocycles. The van der Waals surface area contributed by atoms with Gasteiger partial charge < -0.3 is 10.2 Å². The van der Waals surface area contributed by atoms with E-state index in [1.807, 2.05) is 48.5 Å². The van der Waals surface area contributed by atoms with Crippen LogP contribution >= 0.6 is 11.3 Å². The van der Waals surface area contributed by atoms with Crippen LogP contribution in [0.4, 0.5) is 9.52 Å². The van der Waals surface area contributed by atoms with E-state index in [4.69, 9.17) is 0 Å². The second-order valence-electron chi connectivity index (χ2n) is 6.26. The van der Waals surface area contributed by atoms with Crippen molar-refractivity contribution in [3.8, 4) is 0 Å². The number of amides is 2. The third-order valence-corrected chi connectivity index (χ3v) is 5.24. The van der Waals surface area contributed by atoms with Crippen LogP contribution in [0, 0.1) is 5.95 Å². The van der Waals surface area contributed by atoms with Gasteiger partial charge in [-0.2, -0.15) is 9.37 Å². The van der Waals surface area contributed by atoms with Crippen molar-refractivity contribution in [2.45, 2.75) is 19.0 Å². The molecule has 1 aromatic heterocycles. The summed E-state index contributed by atoms with van der Waals surface area (Å²) in [5, 5.41) is 4.04. The predicted octanol–water partition coefficient (Wildman–Crippen LogP) is 3.49. The van der Waals surface area contributed by atoms with E-state index >= 15 is 0 Å². The summed E-state index contributed by atoms with van der Waals surface area (Å²) in [7, 11) is 0. The minimum absolute atomic E-state index is 0.174. The van der Waals surface area contributed by atoms with Gasteiger partial charge in [0.2, 0.25) is 11.9 Å². The van der Waals surface area contributed by atoms with Crippen LogP contribution < -0.4 is 5.32 Å². The minimum Gasteiger partial charge on any atom is -0.322 e. The second-order valence-corrected chi connectivity index (χ2v) is 7.12. The first-order chi connectivity index (χ1) is 13.1. The van der Waals surface area contributed by atoms with Crippen LogP contribution in [0.5, 0.6) is 0 Å². The summed E-state index contributed by atoms with van der Waals surface area (Å²) in [6, 6.07) is 16.1. The lowest BCUT2D eigenvalue weighted by Crippen LogP contribution is -2.45. The molecule has 1 N–H and O–H groups in total. The number of thiazole rings is 1. The molecule has 136 valence electrons. The number of carbonyl (C=O) groups excluding carboxylic acids is 2. The zero-order valence-corrected chi connectivity index (χ0v) is 15.1. The average molecular weight is 381 g/mol. The average Bonchev–Trinajstić information content (AvgIpc) is 3.24. The Morgan fingerprint density at radius 1 is 1.19 bits per heavy atom. The zero-order valence-electron chi connectivity index (χ0n) is 14.3. The molecule has 3 aromatic rings. The first-order valence-electron chi connectivity index (χ1n) is 8.46. The van der Waals surface area contributed by atoms with Crippen molar-refractivity contribution in [2.75, 3.05) is 5.32 Å². The largest absolute Gasteiger partial charge is 0.322 e. The van der Waals surface area contributed by atoms with Crippen LogP contribution in [0.2, 0.25) is 0 Å². The van der Waals surface area contributed by atoms with Gasteiger partial charge in [-0.25, -0.2) is 0 Å². The monoisotopic (exact) mass is 381 g/mol. The topological polar surface area (TPSA) is 62.3 Å². The van der Waals surface area contributed by atoms with Crippen molar-refractivity contribution in [3.63, 3.8) is 0 Å². The van der Waals surface area contributed by atoms with Crippen molar-refractivity contribution < 1.29 is 14.0 Å². The zero-order chi connectivity index (χ0) is 18.8. The van der Waals surface area contributed by atoms with E-state index in [9.17, 15) is 14.0 Å². The van der Waals surface area contributed by atoms with E-state index in [2.05, 4.69) is 10.3 Å². The second kappa shape index (κ2) is 7.28. The Kier molecular flexibility index (Phi) is 4.68. The molecule has 0 aliphatic carbocycles. The number of halogens is 1. The van der Waals surface area contributed by atoms with Gasteiger partial charge in [-0.3, -0.25) is 9.59 Å². The molecule has 0 fully saturated rings. The fraction of sp³-hybridized carbons (Fsp3) is 0.150. The molecule has 7 heteroatoms. The molecule has 2 amide bonds. The lowest BCUT2D eigenvalue weighted by molar-refractivity contribution is -0.120. The Morgan fingerprint density at radius 3 is 2.63 bits per heavy atom. The van der Waals surface area contributed by atoms with Crippen molar-refractivity contribution in [2.24, 2.45) is 0 Å². The number of fused-ring (bicyclic) bond motifs is 1. The van der Waals surface area contributed by atoms with E-state index in [-0.39, 0.29) is 16.9 Å². The molecule has 0 bridgehead atoms. The lowest BCUT2D eigenvalue weighted by Gasteiger charge is -2.26. The Morgan fingerprint density at radius 2 is 1.93 bits per heavy atom. The summed E-state index contributed by atoms with van der Waals surface area (Å²) in [4.78, 5) is 31.0. The normalized spacial score (nSPS) is 14.1. The molecule has 0 spiro atoms. The maximum Gasteiger partial charge on any atom is 0.255 e. The smallest absolute Gasteiger partial charge is 0.255 e. The minimum atomic E-state index is -0.723. The molecule has 0 saturated carbocycles. The number of nitrogens with one attached hydrogen (secondary N) is 1. The maximum absolute atomic E-state index is 13.2. The summed E-state index contributed by atoms with van der Waals surface area (Å²) in [5.74, 6) is -1.19. The molecular weight excluding hydrogens is 365 g/mol. The number of benzene rings is 2. The summed E-state index contributed by atoms with van der Waals surface area (Å²) in [6.45, 7) is 0.367. The van der Waals surface area contributed by atoms with E-state index in [0.717, 1.165) is 22.5 Å². The first kappa shape index (κ1) is 17.4. The van der Waals surface area contributed by atoms with Gasteiger partial charge in [-0.05, 0) is 17.2 Å². The van der Waals surface area contributed by atoms with Crippen LogP contribution in [0.15, 0.2) is 60.0 Å². The Balaban J connectivity index is 1.62. The van der Waals surface area contributed by atoms with Crippen molar-refractivity contribution in [1.82, 2.24) is 9.88 Å². The van der Waals surface area contributed by atoms with Crippen LogP contribution in [0.3, 0.4) is 0 Å². The fourth-order valence-corrected chi connectivity index (χ4v) is 3.77. The van der Waals surface area contributed by atoms with Crippen LogP contribution in [-0.2, 0) is 17.8 Å². The fourth-order valence-electron chi connectivity index (χ4n) is 3.21. The van der Waals surface area contributed by atoms with Crippen LogP contribution in [-0.4, -0.2) is 27.7 Å². The van der Waals surface area contributed by atoms with Gasteiger partial charge in [-0.1, -0.05) is 48.5 Å². The maximum atomic E-state index is 13.2. The van der Waals surface area contributed by atoms with E-state index in [1.54, 1.807) is 11.0 Å². The molecule has 4 rings (SSSR count). The summed E-state index contributed by atoms with van der Waals surface area (Å²) >= 11 is 1.01. The summed E-state index contributed by atoms with van der Waals surface area (Å²) in [5.41, 5.74) is 2.45. The molecule has 1 aliphatic rings. The van der Waals surface area contributed by atoms with Crippen LogP contribution in [0.25, 0.3) is 0 Å². The third-order valence-electron chi connectivity index (χ3n) is 4.51. The van der Waals surface area contributed by atoms with Gasteiger partial charge in [0.05, 0.1) is 0 Å². The standard InChI is InChI=1S/C20H16FN3O2S/c21-17-12-27-20(22-17)23-18(25)16(10-13-6-2-1-3-7-13)24-11-14-8-4-5-9-15(14)19(24)26/h1-9,12,16H,10-11H2,(H,22,23,25)/t16-/m0/s1. The van der Waals surface area contributed by atoms with E-state index < -0.39 is 12.0 Å². The van der Waals surface area contributed by atoms with Crippen LogP contribution in [0.1, 0.15) is 21.5 Å². The third kappa shape index (κ3) is 3.59. The highest BCUT2D eigenvalue weighted by Crippen LogP contribution is 2.26. The van der Waals surface area contributed by atoms with Gasteiger partial charge in [0.1, 0.15) is 6.04 Å². The van der Waals surface area contributed by atoms with Gasteiger partial charge in [-0.15, -0.1) is 11.3 Å². The molecule has 2 aromatic carbocycles. The van der Waals surface area contributed by atoms with E-state index in [1.165, 1.54) is 5.38 Å².